The number of nitrogens with zero attached hydrogens (tertiary/aromatic N) is 4. The first-order valence-electron chi connectivity index (χ1n) is 8.96. The molecule has 0 aromatic carbocycles. The first-order valence-corrected chi connectivity index (χ1v) is 8.96. The number of aryl methyl sites for hydroxylation is 3. The molecule has 1 saturated heterocycles. The predicted molar refractivity (Wildman–Crippen MR) is 95.4 cm³/mol. The second kappa shape index (κ2) is 7.78. The summed E-state index contributed by atoms with van der Waals surface area (Å²) in [5.74, 6) is 2.07. The normalized spacial score (nSPS) is 16.0. The molecule has 0 radical (unpaired) electrons. The van der Waals surface area contributed by atoms with Crippen LogP contribution in [-0.4, -0.2) is 51.9 Å². The average molecular weight is 342 g/mol. The molecule has 1 aliphatic rings. The van der Waals surface area contributed by atoms with E-state index < -0.39 is 0 Å². The number of carbonyl (C=O) groups excluding carboxylic acids is 1. The first kappa shape index (κ1) is 17.6. The minimum Gasteiger partial charge on any atom is -0.465 e. The zero-order valence-electron chi connectivity index (χ0n) is 15.3. The SMILES string of the molecule is CCc1ccc(CN2CCCN(C(=O)c3c(C)ncnc3C)CC2)o1. The summed E-state index contributed by atoms with van der Waals surface area (Å²) in [7, 11) is 0. The molecule has 1 fully saturated rings. The van der Waals surface area contributed by atoms with Gasteiger partial charge in [-0.2, -0.15) is 0 Å². The molecular weight excluding hydrogens is 316 g/mol. The number of amides is 1. The summed E-state index contributed by atoms with van der Waals surface area (Å²) in [5.41, 5.74) is 2.15. The molecule has 6 nitrogen and oxygen atoms in total. The summed E-state index contributed by atoms with van der Waals surface area (Å²) in [6.07, 6.45) is 3.39. The summed E-state index contributed by atoms with van der Waals surface area (Å²) in [6.45, 7) is 9.93. The van der Waals surface area contributed by atoms with Gasteiger partial charge in [-0.05, 0) is 32.4 Å². The Kier molecular flexibility index (Phi) is 5.48. The van der Waals surface area contributed by atoms with Crippen LogP contribution >= 0.6 is 0 Å². The Labute approximate surface area is 148 Å². The smallest absolute Gasteiger partial charge is 0.257 e. The van der Waals surface area contributed by atoms with Gasteiger partial charge in [0.15, 0.2) is 0 Å². The molecule has 2 aromatic heterocycles. The minimum atomic E-state index is 0.0451. The predicted octanol–water partition coefficient (Wildman–Crippen LogP) is 2.60. The summed E-state index contributed by atoms with van der Waals surface area (Å²) in [4.78, 5) is 25.6. The van der Waals surface area contributed by atoms with Crippen molar-refractivity contribution in [2.24, 2.45) is 0 Å². The Hall–Kier alpha value is -2.21. The second-order valence-electron chi connectivity index (χ2n) is 6.56. The third-order valence-corrected chi connectivity index (χ3v) is 4.76. The highest BCUT2D eigenvalue weighted by Crippen LogP contribution is 2.16. The van der Waals surface area contributed by atoms with Crippen LogP contribution in [0.4, 0.5) is 0 Å². The Balaban J connectivity index is 1.64. The molecule has 134 valence electrons. The molecule has 0 spiro atoms. The molecule has 2 aromatic rings. The van der Waals surface area contributed by atoms with E-state index in [1.165, 1.54) is 6.33 Å². The van der Waals surface area contributed by atoms with Gasteiger partial charge in [-0.3, -0.25) is 9.69 Å². The fourth-order valence-corrected chi connectivity index (χ4v) is 3.31. The molecule has 0 saturated carbocycles. The minimum absolute atomic E-state index is 0.0451. The van der Waals surface area contributed by atoms with Gasteiger partial charge in [-0.25, -0.2) is 9.97 Å². The third-order valence-electron chi connectivity index (χ3n) is 4.76. The van der Waals surface area contributed by atoms with Gasteiger partial charge < -0.3 is 9.32 Å². The molecule has 0 N–H and O–H groups in total. The fraction of sp³-hybridized carbons (Fsp3) is 0.526. The zero-order chi connectivity index (χ0) is 17.8. The summed E-state index contributed by atoms with van der Waals surface area (Å²) < 4.78 is 5.81. The van der Waals surface area contributed by atoms with Crippen LogP contribution < -0.4 is 0 Å². The molecule has 3 heterocycles. The van der Waals surface area contributed by atoms with Crippen molar-refractivity contribution in [3.05, 3.63) is 46.9 Å². The highest BCUT2D eigenvalue weighted by atomic mass is 16.3. The lowest BCUT2D eigenvalue weighted by atomic mass is 10.1. The number of carbonyl (C=O) groups is 1. The highest BCUT2D eigenvalue weighted by molar-refractivity contribution is 5.96. The summed E-state index contributed by atoms with van der Waals surface area (Å²) >= 11 is 0. The maximum Gasteiger partial charge on any atom is 0.257 e. The van der Waals surface area contributed by atoms with Crippen molar-refractivity contribution in [1.82, 2.24) is 19.8 Å². The van der Waals surface area contributed by atoms with E-state index in [-0.39, 0.29) is 5.91 Å². The second-order valence-corrected chi connectivity index (χ2v) is 6.56. The maximum atomic E-state index is 12.9. The fourth-order valence-electron chi connectivity index (χ4n) is 3.31. The quantitative estimate of drug-likeness (QED) is 0.855. The van der Waals surface area contributed by atoms with Crippen LogP contribution in [0.15, 0.2) is 22.9 Å². The lowest BCUT2D eigenvalue weighted by Gasteiger charge is -2.22. The third kappa shape index (κ3) is 4.07. The molecule has 0 unspecified atom stereocenters. The van der Waals surface area contributed by atoms with E-state index in [4.69, 9.17) is 4.42 Å². The largest absolute Gasteiger partial charge is 0.465 e. The Morgan fingerprint density at radius 1 is 1.08 bits per heavy atom. The van der Waals surface area contributed by atoms with Gasteiger partial charge in [0.05, 0.1) is 23.5 Å². The average Bonchev–Trinajstić information content (AvgIpc) is 2.91. The number of rotatable bonds is 4. The van der Waals surface area contributed by atoms with Crippen molar-refractivity contribution in [3.63, 3.8) is 0 Å². The Morgan fingerprint density at radius 2 is 1.80 bits per heavy atom. The number of aromatic nitrogens is 2. The van der Waals surface area contributed by atoms with Gasteiger partial charge in [-0.1, -0.05) is 6.92 Å². The molecule has 0 bridgehead atoms. The van der Waals surface area contributed by atoms with Crippen LogP contribution in [0.2, 0.25) is 0 Å². The van der Waals surface area contributed by atoms with Crippen molar-refractivity contribution >= 4 is 5.91 Å². The van der Waals surface area contributed by atoms with Gasteiger partial charge in [-0.15, -0.1) is 0 Å². The first-order chi connectivity index (χ1) is 12.1. The highest BCUT2D eigenvalue weighted by Gasteiger charge is 2.24. The van der Waals surface area contributed by atoms with Crippen molar-refractivity contribution in [2.45, 2.75) is 40.2 Å². The van der Waals surface area contributed by atoms with Gasteiger partial charge in [0.25, 0.3) is 5.91 Å². The molecular formula is C19H26N4O2. The van der Waals surface area contributed by atoms with E-state index >= 15 is 0 Å². The van der Waals surface area contributed by atoms with Crippen LogP contribution in [0.25, 0.3) is 0 Å². The monoisotopic (exact) mass is 342 g/mol. The number of hydrogen-bond donors (Lipinski definition) is 0. The lowest BCUT2D eigenvalue weighted by molar-refractivity contribution is 0.0758. The van der Waals surface area contributed by atoms with Crippen molar-refractivity contribution in [1.29, 1.82) is 0 Å². The maximum absolute atomic E-state index is 12.9. The van der Waals surface area contributed by atoms with E-state index in [0.717, 1.165) is 61.9 Å². The van der Waals surface area contributed by atoms with Crippen LogP contribution in [0.1, 0.15) is 46.6 Å². The lowest BCUT2D eigenvalue weighted by Crippen LogP contribution is -2.36. The summed E-state index contributed by atoms with van der Waals surface area (Å²) in [5, 5.41) is 0. The van der Waals surface area contributed by atoms with Gasteiger partial charge in [0, 0.05) is 32.6 Å². The van der Waals surface area contributed by atoms with Gasteiger partial charge in [0.2, 0.25) is 0 Å². The van der Waals surface area contributed by atoms with Crippen LogP contribution in [0, 0.1) is 13.8 Å². The van der Waals surface area contributed by atoms with Crippen LogP contribution in [0.5, 0.6) is 0 Å². The topological polar surface area (TPSA) is 62.5 Å². The van der Waals surface area contributed by atoms with E-state index in [0.29, 0.717) is 12.1 Å². The number of hydrogen-bond acceptors (Lipinski definition) is 5. The van der Waals surface area contributed by atoms with Crippen LogP contribution in [0.3, 0.4) is 0 Å². The van der Waals surface area contributed by atoms with Crippen molar-refractivity contribution in [3.8, 4) is 0 Å². The zero-order valence-corrected chi connectivity index (χ0v) is 15.3. The van der Waals surface area contributed by atoms with E-state index in [2.05, 4.69) is 27.9 Å². The van der Waals surface area contributed by atoms with Crippen LogP contribution in [-0.2, 0) is 13.0 Å². The molecule has 0 atom stereocenters. The standard InChI is InChI=1S/C19H26N4O2/c1-4-16-6-7-17(25-16)12-22-8-5-9-23(11-10-22)19(24)18-14(2)20-13-21-15(18)3/h6-7,13H,4-5,8-12H2,1-3H3. The van der Waals surface area contributed by atoms with E-state index in [9.17, 15) is 4.79 Å². The summed E-state index contributed by atoms with van der Waals surface area (Å²) in [6, 6.07) is 4.10. The molecule has 1 amide bonds. The van der Waals surface area contributed by atoms with Crippen molar-refractivity contribution in [2.75, 3.05) is 26.2 Å². The van der Waals surface area contributed by atoms with E-state index in [1.807, 2.05) is 24.8 Å². The van der Waals surface area contributed by atoms with Gasteiger partial charge in [0.1, 0.15) is 17.8 Å². The molecule has 6 heteroatoms. The molecule has 3 rings (SSSR count). The molecule has 0 aliphatic carbocycles. The molecule has 25 heavy (non-hydrogen) atoms. The number of furan rings is 1. The van der Waals surface area contributed by atoms with E-state index in [1.54, 1.807) is 0 Å². The molecule has 1 aliphatic heterocycles. The Bertz CT molecular complexity index is 721. The van der Waals surface area contributed by atoms with Gasteiger partial charge >= 0.3 is 0 Å². The van der Waals surface area contributed by atoms with Crippen molar-refractivity contribution < 1.29 is 9.21 Å². The Morgan fingerprint density at radius 3 is 2.48 bits per heavy atom.